The molecule has 6 heterocycles. The number of allylic oxidation sites excluding steroid dienone is 2. The summed E-state index contributed by atoms with van der Waals surface area (Å²) in [7, 11) is 0. The number of hydrogen-bond donors (Lipinski definition) is 3. The first-order chi connectivity index (χ1) is 33.2. The number of nitrogen functional groups attached to an aromatic ring is 1. The number of unbranched alkanes of at least 4 members (excludes halogenated alkanes) is 1. The molecule has 2 aliphatic heterocycles. The molecule has 1 aromatic carbocycles. The number of nitrogens with one attached hydrogen (secondary N) is 1. The van der Waals surface area contributed by atoms with E-state index in [1.165, 1.54) is 17.4 Å². The smallest absolute Gasteiger partial charge is 0.254 e. The number of ketones is 1. The molecule has 4 atom stereocenters. The monoisotopic (exact) mass is 973 g/mol. The average molecular weight is 974 g/mol. The number of ether oxygens (including phenoxy) is 1. The lowest BCUT2D eigenvalue weighted by atomic mass is 9.70. The topological polar surface area (TPSA) is 223 Å². The lowest BCUT2D eigenvalue weighted by molar-refractivity contribution is -0.140. The molecule has 364 valence electrons. The van der Waals surface area contributed by atoms with Crippen LogP contribution in [0.2, 0.25) is 0 Å². The van der Waals surface area contributed by atoms with Gasteiger partial charge in [0.05, 0.1) is 28.3 Å². The molecule has 2 saturated heterocycles. The maximum atomic E-state index is 14.1. The summed E-state index contributed by atoms with van der Waals surface area (Å²) in [5.74, 6) is -0.0272. The summed E-state index contributed by atoms with van der Waals surface area (Å²) < 4.78 is 11.8. The molecule has 4 aromatic heterocycles. The van der Waals surface area contributed by atoms with Gasteiger partial charge in [0.1, 0.15) is 28.7 Å². The van der Waals surface area contributed by atoms with Gasteiger partial charge in [-0.3, -0.25) is 14.4 Å². The Morgan fingerprint density at radius 1 is 1.10 bits per heavy atom. The molecule has 2 fully saturated rings. The Labute approximate surface area is 412 Å². The van der Waals surface area contributed by atoms with E-state index in [-0.39, 0.29) is 35.3 Å². The largest absolute Gasteiger partial charge is 0.476 e. The minimum atomic E-state index is -0.675. The van der Waals surface area contributed by atoms with Crippen LogP contribution < -0.4 is 26.4 Å². The predicted molar refractivity (Wildman–Crippen MR) is 268 cm³/mol. The van der Waals surface area contributed by atoms with Crippen molar-refractivity contribution >= 4 is 51.2 Å². The van der Waals surface area contributed by atoms with Crippen LogP contribution in [0.4, 0.5) is 10.9 Å². The van der Waals surface area contributed by atoms with Gasteiger partial charge in [0, 0.05) is 66.5 Å². The maximum absolute atomic E-state index is 14.1. The number of nitriles is 1. The average Bonchev–Trinajstić information content (AvgIpc) is 4.15. The number of rotatable bonds is 17. The zero-order valence-corrected chi connectivity index (χ0v) is 41.8. The van der Waals surface area contributed by atoms with Crippen molar-refractivity contribution in [3.8, 4) is 22.4 Å². The molecule has 8 rings (SSSR count). The van der Waals surface area contributed by atoms with Crippen LogP contribution in [0.1, 0.15) is 122 Å². The van der Waals surface area contributed by atoms with Gasteiger partial charge >= 0.3 is 0 Å². The number of anilines is 2. The fourth-order valence-electron chi connectivity index (χ4n) is 10.1. The Hall–Kier alpha value is -6.16. The molecule has 5 aromatic rings. The van der Waals surface area contributed by atoms with Gasteiger partial charge in [-0.1, -0.05) is 38.1 Å². The fraction of sp³-hybridized carbons (Fsp3) is 0.490. The first-order valence-electron chi connectivity index (χ1n) is 24.1. The number of nitrogens with zero attached hydrogens (tertiary/aromatic N) is 8. The van der Waals surface area contributed by atoms with Gasteiger partial charge in [-0.05, 0) is 119 Å². The summed E-state index contributed by atoms with van der Waals surface area (Å²) >= 11 is 3.04. The van der Waals surface area contributed by atoms with E-state index in [0.717, 1.165) is 96.8 Å². The molecule has 3 aliphatic rings. The molecule has 0 saturated carbocycles. The fourth-order valence-corrected chi connectivity index (χ4v) is 12.1. The molecule has 16 nitrogen and oxygen atoms in total. The summed E-state index contributed by atoms with van der Waals surface area (Å²) in [4.78, 5) is 63.4. The van der Waals surface area contributed by atoms with Crippen LogP contribution in [-0.2, 0) is 28.0 Å². The molecule has 1 unspecified atom stereocenters. The number of carbonyl (C=O) groups excluding carboxylic acids is 3. The summed E-state index contributed by atoms with van der Waals surface area (Å²) in [6.45, 7) is 14.8. The second-order valence-corrected chi connectivity index (χ2v) is 21.0. The number of hydrogen-bond acceptors (Lipinski definition) is 16. The normalized spacial score (nSPS) is 20.3. The number of thiophene rings is 1. The van der Waals surface area contributed by atoms with Crippen molar-refractivity contribution in [1.82, 2.24) is 35.2 Å². The highest BCUT2D eigenvalue weighted by Gasteiger charge is 2.41. The highest BCUT2D eigenvalue weighted by atomic mass is 32.1. The van der Waals surface area contributed by atoms with Crippen molar-refractivity contribution in [2.24, 2.45) is 11.7 Å². The Balaban J connectivity index is 0.793. The number of thiazole rings is 1. The van der Waals surface area contributed by atoms with Crippen molar-refractivity contribution < 1.29 is 23.6 Å². The van der Waals surface area contributed by atoms with E-state index < -0.39 is 17.4 Å². The second kappa shape index (κ2) is 21.6. The van der Waals surface area contributed by atoms with Gasteiger partial charge in [0.15, 0.2) is 5.76 Å². The van der Waals surface area contributed by atoms with E-state index in [2.05, 4.69) is 43.2 Å². The third-order valence-electron chi connectivity index (χ3n) is 13.9. The number of nitrogens with two attached hydrogens (primary N) is 2. The van der Waals surface area contributed by atoms with E-state index in [1.807, 2.05) is 57.5 Å². The van der Waals surface area contributed by atoms with Crippen LogP contribution in [0.15, 0.2) is 64.4 Å². The first-order valence-corrected chi connectivity index (χ1v) is 25.8. The molecule has 1 aliphatic carbocycles. The van der Waals surface area contributed by atoms with Gasteiger partial charge in [-0.2, -0.15) is 5.26 Å². The van der Waals surface area contributed by atoms with E-state index in [0.29, 0.717) is 66.4 Å². The van der Waals surface area contributed by atoms with Crippen molar-refractivity contribution in [2.75, 3.05) is 50.0 Å². The SMILES string of the molecule is Cc1ncsc1-c1ccc(CNC(=O)[C@@H]2CCCN2C(=O)C(c2cc(OCCCCN3CCCN(c4nccc(C(=O)C=C(N)[C@@]5(C)CCCc6sc(N)c(C#N)c65)n4)[C@@H](C)C3)no2)C(C)C)cc1. The summed E-state index contributed by atoms with van der Waals surface area (Å²) in [6.07, 6.45) is 9.49. The number of fused-ring (bicyclic) bond motifs is 1. The van der Waals surface area contributed by atoms with Crippen molar-refractivity contribution in [2.45, 2.75) is 116 Å². The van der Waals surface area contributed by atoms with Gasteiger partial charge < -0.3 is 40.7 Å². The molecule has 5 N–H and O–H groups in total. The molecule has 18 heteroatoms. The number of likely N-dealkylation sites (tertiary alicyclic amines) is 1. The van der Waals surface area contributed by atoms with Gasteiger partial charge in [0.2, 0.25) is 23.5 Å². The van der Waals surface area contributed by atoms with Gasteiger partial charge in [-0.15, -0.1) is 22.7 Å². The van der Waals surface area contributed by atoms with Gasteiger partial charge in [-0.25, -0.2) is 15.0 Å². The summed E-state index contributed by atoms with van der Waals surface area (Å²) in [6, 6.07) is 13.3. The third kappa shape index (κ3) is 10.9. The molecular weight excluding hydrogens is 911 g/mol. The van der Waals surface area contributed by atoms with Gasteiger partial charge in [0.25, 0.3) is 5.88 Å². The molecule has 0 spiro atoms. The van der Waals surface area contributed by atoms with Crippen LogP contribution in [0.3, 0.4) is 0 Å². The Kier molecular flexibility index (Phi) is 15.5. The maximum Gasteiger partial charge on any atom is 0.254 e. The molecule has 69 heavy (non-hydrogen) atoms. The zero-order chi connectivity index (χ0) is 48.8. The molecule has 2 amide bonds. The van der Waals surface area contributed by atoms with E-state index in [9.17, 15) is 19.6 Å². The number of aryl methyl sites for hydroxylation is 2. The lowest BCUT2D eigenvalue weighted by Gasteiger charge is -2.35. The zero-order valence-electron chi connectivity index (χ0n) is 40.2. The number of benzene rings is 1. The lowest BCUT2D eigenvalue weighted by Crippen LogP contribution is -2.47. The summed E-state index contributed by atoms with van der Waals surface area (Å²) in [5.41, 5.74) is 19.1. The predicted octanol–water partition coefficient (Wildman–Crippen LogP) is 7.54. The quantitative estimate of drug-likeness (QED) is 0.0466. The van der Waals surface area contributed by atoms with Crippen molar-refractivity contribution in [3.63, 3.8) is 0 Å². The standard InChI is InChI=1S/C51H63N11O5S2/c1-31(2)44(49(65)62-22-9-11-38(62)48(64)56-28-34-13-15-35(16-14-34)46-33(4)57-30-68-46)40-26-43(59-67-40)66-24-7-6-20-60-21-10-23-61(32(3)29-60)50-55-19-17-37(58-50)39(63)25-42(53)51(5)18-8-12-41-45(51)36(27-52)47(54)69-41/h13-17,19,25-26,30-32,38,44H,6-12,18,20-24,28-29,53-54H2,1-5H3,(H,56,64)/t32-,38-,44?,51+/m0/s1. The second-order valence-electron chi connectivity index (χ2n) is 19.1. The summed E-state index contributed by atoms with van der Waals surface area (Å²) in [5, 5.41) is 17.6. The van der Waals surface area contributed by atoms with Crippen LogP contribution in [0.25, 0.3) is 10.4 Å². The Morgan fingerprint density at radius 3 is 2.67 bits per heavy atom. The van der Waals surface area contributed by atoms with E-state index in [4.69, 9.17) is 25.7 Å². The van der Waals surface area contributed by atoms with Crippen LogP contribution >= 0.6 is 22.7 Å². The molecular formula is C51H63N11O5S2. The highest BCUT2D eigenvalue weighted by Crippen LogP contribution is 2.48. The van der Waals surface area contributed by atoms with Crippen molar-refractivity contribution in [1.29, 1.82) is 5.26 Å². The van der Waals surface area contributed by atoms with Crippen LogP contribution in [0.5, 0.6) is 5.88 Å². The number of amides is 2. The minimum absolute atomic E-state index is 0.0957. The number of carbonyl (C=O) groups is 3. The molecule has 0 radical (unpaired) electrons. The molecule has 0 bridgehead atoms. The first kappa shape index (κ1) is 49.3. The highest BCUT2D eigenvalue weighted by molar-refractivity contribution is 7.16. The third-order valence-corrected chi connectivity index (χ3v) is 15.9. The van der Waals surface area contributed by atoms with Crippen LogP contribution in [0, 0.1) is 24.2 Å². The van der Waals surface area contributed by atoms with E-state index >= 15 is 0 Å². The minimum Gasteiger partial charge on any atom is -0.476 e. The van der Waals surface area contributed by atoms with Crippen molar-refractivity contribution in [3.05, 3.63) is 98.6 Å². The van der Waals surface area contributed by atoms with Crippen LogP contribution in [-0.4, -0.2) is 98.9 Å². The Bertz CT molecular complexity index is 2700. The Morgan fingerprint density at radius 2 is 1.91 bits per heavy atom. The van der Waals surface area contributed by atoms with E-state index in [1.54, 1.807) is 34.6 Å². The number of aromatic nitrogens is 4.